The Hall–Kier alpha value is 0.504. The fraction of sp³-hybridized carbons (Fsp3) is 1.00. The number of thiol groups is 1. The Kier molecular flexibility index (Phi) is 16.9. The monoisotopic (exact) mass is 375 g/mol. The minimum Gasteiger partial charge on any atom is -0.377 e. The summed E-state index contributed by atoms with van der Waals surface area (Å²) in [5.41, 5.74) is 5.36. The third kappa shape index (κ3) is 9.60. The molecule has 0 aromatic heterocycles. The molecule has 0 rings (SSSR count). The van der Waals surface area contributed by atoms with Crippen LogP contribution in [0.1, 0.15) is 12.8 Å². The Bertz CT molecular complexity index is 205. The molecule has 22 heavy (non-hydrogen) atoms. The Morgan fingerprint density at radius 2 is 1.00 bits per heavy atom. The molecular formula is C12H33NO6SSi2. The van der Waals surface area contributed by atoms with Crippen LogP contribution < -0.4 is 5.73 Å². The lowest BCUT2D eigenvalue weighted by Crippen LogP contribution is -2.42. The Morgan fingerprint density at radius 1 is 0.682 bits per heavy atom. The van der Waals surface area contributed by atoms with Crippen LogP contribution in [0.25, 0.3) is 0 Å². The second-order valence-corrected chi connectivity index (χ2v) is 10.9. The summed E-state index contributed by atoms with van der Waals surface area (Å²) >= 11 is 4.10. The molecule has 0 radical (unpaired) electrons. The van der Waals surface area contributed by atoms with Crippen molar-refractivity contribution in [3.63, 3.8) is 0 Å². The lowest BCUT2D eigenvalue weighted by atomic mass is 10.5. The standard InChI is InChI=1S/C6H17NO3Si.C6H16O3SSi/c1-8-11(9-2,10-3)6-4-5-7;1-7-11(8-2,9-3)6-4-5-10/h4-7H2,1-3H3;10H,4-6H2,1-3H3. The van der Waals surface area contributed by atoms with E-state index in [1.54, 1.807) is 42.7 Å². The van der Waals surface area contributed by atoms with Crippen molar-refractivity contribution in [2.45, 2.75) is 24.9 Å². The van der Waals surface area contributed by atoms with Gasteiger partial charge in [0.25, 0.3) is 0 Å². The summed E-state index contributed by atoms with van der Waals surface area (Å²) < 4.78 is 31.1. The molecule has 0 amide bonds. The van der Waals surface area contributed by atoms with E-state index in [0.717, 1.165) is 30.7 Å². The quantitative estimate of drug-likeness (QED) is 0.394. The maximum atomic E-state index is 5.36. The molecule has 0 aromatic carbocycles. The first-order valence-corrected chi connectivity index (χ1v) is 11.6. The second-order valence-electron chi connectivity index (χ2n) is 4.31. The van der Waals surface area contributed by atoms with Gasteiger partial charge in [-0.3, -0.25) is 0 Å². The van der Waals surface area contributed by atoms with Crippen molar-refractivity contribution in [1.82, 2.24) is 0 Å². The van der Waals surface area contributed by atoms with E-state index in [0.29, 0.717) is 6.54 Å². The average Bonchev–Trinajstić information content (AvgIpc) is 2.59. The van der Waals surface area contributed by atoms with Crippen LogP contribution in [0.5, 0.6) is 0 Å². The van der Waals surface area contributed by atoms with Crippen LogP contribution in [0, 0.1) is 0 Å². The lowest BCUT2D eigenvalue weighted by molar-refractivity contribution is 0.123. The van der Waals surface area contributed by atoms with Gasteiger partial charge in [-0.25, -0.2) is 0 Å². The molecule has 0 aromatic rings. The molecule has 0 aliphatic rings. The van der Waals surface area contributed by atoms with Gasteiger partial charge in [-0.05, 0) is 25.1 Å². The van der Waals surface area contributed by atoms with Crippen molar-refractivity contribution >= 4 is 30.2 Å². The lowest BCUT2D eigenvalue weighted by Gasteiger charge is -2.23. The summed E-state index contributed by atoms with van der Waals surface area (Å²) in [6.45, 7) is 0.644. The summed E-state index contributed by atoms with van der Waals surface area (Å²) in [6, 6.07) is 1.62. The van der Waals surface area contributed by atoms with E-state index in [1.807, 2.05) is 0 Å². The first-order valence-electron chi connectivity index (χ1n) is 7.11. The van der Waals surface area contributed by atoms with Gasteiger partial charge in [0.1, 0.15) is 0 Å². The van der Waals surface area contributed by atoms with Crippen LogP contribution in [0.2, 0.25) is 12.1 Å². The van der Waals surface area contributed by atoms with E-state index in [2.05, 4.69) is 12.6 Å². The Balaban J connectivity index is 0. The number of nitrogens with two attached hydrogens (primary N) is 1. The van der Waals surface area contributed by atoms with Gasteiger partial charge < -0.3 is 32.3 Å². The van der Waals surface area contributed by atoms with Crippen LogP contribution in [0.3, 0.4) is 0 Å². The smallest absolute Gasteiger partial charge is 0.377 e. The highest BCUT2D eigenvalue weighted by molar-refractivity contribution is 7.80. The van der Waals surface area contributed by atoms with Crippen LogP contribution in [0.4, 0.5) is 0 Å². The molecule has 0 saturated carbocycles. The predicted octanol–water partition coefficient (Wildman–Crippen LogP) is 1.40. The van der Waals surface area contributed by atoms with E-state index in [9.17, 15) is 0 Å². The third-order valence-corrected chi connectivity index (χ3v) is 9.17. The van der Waals surface area contributed by atoms with E-state index in [4.69, 9.17) is 32.3 Å². The maximum Gasteiger partial charge on any atom is 0.500 e. The first kappa shape index (κ1) is 24.8. The van der Waals surface area contributed by atoms with Crippen LogP contribution in [-0.4, -0.2) is 72.6 Å². The SMILES string of the molecule is CO[Si](CCCN)(OC)OC.CO[Si](CCCS)(OC)OC. The summed E-state index contributed by atoms with van der Waals surface area (Å²) in [4.78, 5) is 0. The van der Waals surface area contributed by atoms with Crippen molar-refractivity contribution in [2.75, 3.05) is 55.0 Å². The minimum absolute atomic E-state index is 0.644. The van der Waals surface area contributed by atoms with E-state index < -0.39 is 17.6 Å². The van der Waals surface area contributed by atoms with Crippen LogP contribution >= 0.6 is 12.6 Å². The van der Waals surface area contributed by atoms with E-state index in [-0.39, 0.29) is 0 Å². The zero-order chi connectivity index (χ0) is 17.5. The highest BCUT2D eigenvalue weighted by Crippen LogP contribution is 2.15. The van der Waals surface area contributed by atoms with E-state index in [1.165, 1.54) is 0 Å². The molecule has 7 nitrogen and oxygen atoms in total. The van der Waals surface area contributed by atoms with Crippen molar-refractivity contribution in [1.29, 1.82) is 0 Å². The number of rotatable bonds is 12. The summed E-state index contributed by atoms with van der Waals surface area (Å²) in [5.74, 6) is 0.838. The topological polar surface area (TPSA) is 81.4 Å². The summed E-state index contributed by atoms with van der Waals surface area (Å²) in [6.07, 6.45) is 1.84. The van der Waals surface area contributed by atoms with Gasteiger partial charge in [-0.2, -0.15) is 12.6 Å². The molecule has 2 N–H and O–H groups in total. The van der Waals surface area contributed by atoms with E-state index >= 15 is 0 Å². The summed E-state index contributed by atoms with van der Waals surface area (Å²) in [5, 5.41) is 0. The molecule has 0 unspecified atom stereocenters. The predicted molar refractivity (Wildman–Crippen MR) is 95.3 cm³/mol. The molecule has 0 aliphatic heterocycles. The molecular weight excluding hydrogens is 342 g/mol. The fourth-order valence-corrected chi connectivity index (χ4v) is 5.65. The Labute approximate surface area is 142 Å². The molecule has 0 aliphatic carbocycles. The van der Waals surface area contributed by atoms with Gasteiger partial charge in [0, 0.05) is 54.7 Å². The second kappa shape index (κ2) is 15.1. The van der Waals surface area contributed by atoms with Gasteiger partial charge in [0.05, 0.1) is 0 Å². The Morgan fingerprint density at radius 3 is 1.23 bits per heavy atom. The number of hydrogen-bond acceptors (Lipinski definition) is 8. The summed E-state index contributed by atoms with van der Waals surface area (Å²) in [7, 11) is 5.08. The van der Waals surface area contributed by atoms with Gasteiger partial charge in [0.15, 0.2) is 0 Å². The zero-order valence-corrected chi connectivity index (χ0v) is 17.6. The highest BCUT2D eigenvalue weighted by Gasteiger charge is 2.37. The maximum absolute atomic E-state index is 5.36. The van der Waals surface area contributed by atoms with Crippen molar-refractivity contribution in [2.24, 2.45) is 5.73 Å². The average molecular weight is 376 g/mol. The normalized spacial score (nSPS) is 12.0. The van der Waals surface area contributed by atoms with Crippen LogP contribution in [-0.2, 0) is 26.6 Å². The van der Waals surface area contributed by atoms with Gasteiger partial charge in [-0.15, -0.1) is 0 Å². The highest BCUT2D eigenvalue weighted by atomic mass is 32.1. The van der Waals surface area contributed by atoms with Crippen molar-refractivity contribution < 1.29 is 26.6 Å². The molecule has 0 saturated heterocycles. The van der Waals surface area contributed by atoms with Crippen molar-refractivity contribution in [3.05, 3.63) is 0 Å². The van der Waals surface area contributed by atoms with Gasteiger partial charge in [-0.1, -0.05) is 0 Å². The first-order chi connectivity index (χ1) is 10.5. The molecule has 0 fully saturated rings. The fourth-order valence-electron chi connectivity index (χ4n) is 1.73. The largest absolute Gasteiger partial charge is 0.500 e. The minimum atomic E-state index is -2.32. The van der Waals surface area contributed by atoms with Gasteiger partial charge in [0.2, 0.25) is 0 Å². The molecule has 136 valence electrons. The molecule has 0 atom stereocenters. The number of hydrogen-bond donors (Lipinski definition) is 2. The van der Waals surface area contributed by atoms with Gasteiger partial charge >= 0.3 is 17.6 Å². The van der Waals surface area contributed by atoms with Crippen LogP contribution in [0.15, 0.2) is 0 Å². The molecule has 0 bridgehead atoms. The molecule has 10 heteroatoms. The van der Waals surface area contributed by atoms with Crippen molar-refractivity contribution in [3.8, 4) is 0 Å². The zero-order valence-electron chi connectivity index (χ0n) is 14.7. The third-order valence-electron chi connectivity index (χ3n) is 3.19. The molecule has 0 heterocycles. The molecule has 0 spiro atoms.